The molecular weight excluding hydrogens is 320 g/mol. The third kappa shape index (κ3) is 5.60. The van der Waals surface area contributed by atoms with Gasteiger partial charge in [-0.1, -0.05) is 50.1 Å². The van der Waals surface area contributed by atoms with Gasteiger partial charge in [0.15, 0.2) is 0 Å². The summed E-state index contributed by atoms with van der Waals surface area (Å²) in [7, 11) is 0. The Balaban J connectivity index is 0.000000151. The number of phenols is 1. The lowest BCUT2D eigenvalue weighted by Crippen LogP contribution is -1.61. The van der Waals surface area contributed by atoms with Gasteiger partial charge in [0.05, 0.1) is 0 Å². The van der Waals surface area contributed by atoms with Crippen LogP contribution in [0, 0.1) is 0 Å². The molecule has 2 rings (SSSR count). The number of para-hydroxylation sites is 1. The number of rotatable bonds is 0. The van der Waals surface area contributed by atoms with E-state index in [-0.39, 0.29) is 0 Å². The fourth-order valence-electron chi connectivity index (χ4n) is 0.858. The number of aromatic hydroxyl groups is 1. The summed E-state index contributed by atoms with van der Waals surface area (Å²) in [6.45, 7) is 0. The zero-order valence-corrected chi connectivity index (χ0v) is 11.1. The molecule has 0 fully saturated rings. The summed E-state index contributed by atoms with van der Waals surface area (Å²) in [4.78, 5) is 0. The van der Waals surface area contributed by atoms with Crippen LogP contribution in [-0.2, 0) is 0 Å². The first-order valence-corrected chi connectivity index (χ1v) is 5.92. The number of benzene rings is 2. The summed E-state index contributed by atoms with van der Waals surface area (Å²) in [5.41, 5.74) is 0. The van der Waals surface area contributed by atoms with Crippen molar-refractivity contribution in [1.29, 1.82) is 0 Å². The summed E-state index contributed by atoms with van der Waals surface area (Å²) in [5.74, 6) is 0.322. The maximum Gasteiger partial charge on any atom is 0.115 e. The molecular formula is C12H10Br2O. The number of hydrogen-bond acceptors (Lipinski definition) is 1. The Hall–Kier alpha value is -0.800. The summed E-state index contributed by atoms with van der Waals surface area (Å²) in [5, 5.41) is 8.63. The van der Waals surface area contributed by atoms with E-state index in [1.165, 1.54) is 0 Å². The second kappa shape index (κ2) is 6.64. The van der Waals surface area contributed by atoms with Gasteiger partial charge in [0.25, 0.3) is 0 Å². The highest BCUT2D eigenvalue weighted by molar-refractivity contribution is 9.11. The Labute approximate surface area is 106 Å². The lowest BCUT2D eigenvalue weighted by molar-refractivity contribution is 0.475. The predicted octanol–water partition coefficient (Wildman–Crippen LogP) is 4.60. The van der Waals surface area contributed by atoms with Gasteiger partial charge in [0, 0.05) is 8.95 Å². The van der Waals surface area contributed by atoms with Gasteiger partial charge in [-0.2, -0.15) is 0 Å². The van der Waals surface area contributed by atoms with E-state index in [2.05, 4.69) is 31.9 Å². The second-order valence-electron chi connectivity index (χ2n) is 2.77. The Morgan fingerprint density at radius 1 is 0.667 bits per heavy atom. The quantitative estimate of drug-likeness (QED) is 0.748. The molecule has 0 saturated heterocycles. The highest BCUT2D eigenvalue weighted by Crippen LogP contribution is 2.14. The summed E-state index contributed by atoms with van der Waals surface area (Å²) >= 11 is 6.65. The Morgan fingerprint density at radius 2 is 1.07 bits per heavy atom. The number of hydrogen-bond donors (Lipinski definition) is 1. The summed E-state index contributed by atoms with van der Waals surface area (Å²) in [6.07, 6.45) is 0. The Morgan fingerprint density at radius 3 is 1.33 bits per heavy atom. The van der Waals surface area contributed by atoms with Crippen molar-refractivity contribution in [3.63, 3.8) is 0 Å². The molecule has 78 valence electrons. The third-order valence-electron chi connectivity index (χ3n) is 1.56. The van der Waals surface area contributed by atoms with Crippen molar-refractivity contribution in [3.05, 3.63) is 63.5 Å². The zero-order valence-electron chi connectivity index (χ0n) is 7.90. The fraction of sp³-hybridized carbons (Fsp3) is 0. The molecule has 0 saturated carbocycles. The first kappa shape index (κ1) is 12.3. The van der Waals surface area contributed by atoms with E-state index in [0.29, 0.717) is 5.75 Å². The van der Waals surface area contributed by atoms with Crippen LogP contribution in [0.3, 0.4) is 0 Å². The summed E-state index contributed by atoms with van der Waals surface area (Å²) < 4.78 is 2.22. The van der Waals surface area contributed by atoms with E-state index in [1.807, 2.05) is 30.3 Å². The van der Waals surface area contributed by atoms with Gasteiger partial charge in [-0.25, -0.2) is 0 Å². The molecule has 0 aromatic heterocycles. The maximum absolute atomic E-state index is 8.63. The van der Waals surface area contributed by atoms with Crippen molar-refractivity contribution in [2.45, 2.75) is 0 Å². The molecule has 15 heavy (non-hydrogen) atoms. The van der Waals surface area contributed by atoms with Crippen molar-refractivity contribution in [2.24, 2.45) is 0 Å². The number of phenolic OH excluding ortho intramolecular Hbond substituents is 1. The largest absolute Gasteiger partial charge is 0.508 e. The molecule has 2 aromatic carbocycles. The first-order valence-electron chi connectivity index (χ1n) is 4.33. The van der Waals surface area contributed by atoms with E-state index < -0.39 is 0 Å². The van der Waals surface area contributed by atoms with E-state index in [4.69, 9.17) is 5.11 Å². The van der Waals surface area contributed by atoms with Gasteiger partial charge >= 0.3 is 0 Å². The first-order chi connectivity index (χ1) is 7.18. The molecule has 0 heterocycles. The topological polar surface area (TPSA) is 20.2 Å². The molecule has 3 heteroatoms. The van der Waals surface area contributed by atoms with Gasteiger partial charge in [-0.3, -0.25) is 0 Å². The van der Waals surface area contributed by atoms with Crippen LogP contribution in [0.25, 0.3) is 0 Å². The van der Waals surface area contributed by atoms with Gasteiger partial charge in [0.1, 0.15) is 5.75 Å². The van der Waals surface area contributed by atoms with Crippen molar-refractivity contribution >= 4 is 31.9 Å². The SMILES string of the molecule is Brc1ccc(Br)cc1.Oc1ccccc1. The average molecular weight is 330 g/mol. The van der Waals surface area contributed by atoms with Crippen LogP contribution in [0.1, 0.15) is 0 Å². The zero-order chi connectivity index (χ0) is 11.1. The fourth-order valence-corrected chi connectivity index (χ4v) is 1.39. The normalized spacial score (nSPS) is 8.93. The van der Waals surface area contributed by atoms with Crippen LogP contribution >= 0.6 is 31.9 Å². The average Bonchev–Trinajstić information content (AvgIpc) is 2.25. The van der Waals surface area contributed by atoms with Crippen LogP contribution in [-0.4, -0.2) is 5.11 Å². The molecule has 1 N–H and O–H groups in total. The molecule has 0 atom stereocenters. The van der Waals surface area contributed by atoms with Crippen molar-refractivity contribution in [3.8, 4) is 5.75 Å². The van der Waals surface area contributed by atoms with Crippen molar-refractivity contribution in [2.75, 3.05) is 0 Å². The molecule has 0 spiro atoms. The minimum Gasteiger partial charge on any atom is -0.508 e. The molecule has 0 aliphatic carbocycles. The minimum atomic E-state index is 0.322. The van der Waals surface area contributed by atoms with Gasteiger partial charge in [0.2, 0.25) is 0 Å². The summed E-state index contributed by atoms with van der Waals surface area (Å²) in [6, 6.07) is 16.7. The van der Waals surface area contributed by atoms with Crippen LogP contribution in [0.4, 0.5) is 0 Å². The molecule has 0 amide bonds. The van der Waals surface area contributed by atoms with Crippen molar-refractivity contribution < 1.29 is 5.11 Å². The van der Waals surface area contributed by atoms with E-state index in [9.17, 15) is 0 Å². The third-order valence-corrected chi connectivity index (χ3v) is 2.62. The minimum absolute atomic E-state index is 0.322. The van der Waals surface area contributed by atoms with Crippen LogP contribution in [0.2, 0.25) is 0 Å². The van der Waals surface area contributed by atoms with E-state index in [0.717, 1.165) is 8.95 Å². The molecule has 0 aliphatic heterocycles. The molecule has 0 bridgehead atoms. The molecule has 0 unspecified atom stereocenters. The highest BCUT2D eigenvalue weighted by Gasteiger charge is 1.83. The van der Waals surface area contributed by atoms with Crippen LogP contribution < -0.4 is 0 Å². The van der Waals surface area contributed by atoms with E-state index >= 15 is 0 Å². The van der Waals surface area contributed by atoms with Gasteiger partial charge in [-0.15, -0.1) is 0 Å². The lowest BCUT2D eigenvalue weighted by Gasteiger charge is -1.86. The van der Waals surface area contributed by atoms with Crippen LogP contribution in [0.15, 0.2) is 63.5 Å². The standard InChI is InChI=1S/C6H4Br2.C6H6O/c7-5-1-2-6(8)4-3-5;7-6-4-2-1-3-5-6/h1-4H;1-5,7H. The van der Waals surface area contributed by atoms with Crippen LogP contribution in [0.5, 0.6) is 5.75 Å². The Kier molecular flexibility index (Phi) is 5.43. The highest BCUT2D eigenvalue weighted by atomic mass is 79.9. The molecule has 2 aromatic rings. The number of halogens is 2. The van der Waals surface area contributed by atoms with Gasteiger partial charge < -0.3 is 5.11 Å². The monoisotopic (exact) mass is 328 g/mol. The smallest absolute Gasteiger partial charge is 0.115 e. The molecule has 0 radical (unpaired) electrons. The maximum atomic E-state index is 8.63. The lowest BCUT2D eigenvalue weighted by atomic mass is 10.3. The molecule has 1 nitrogen and oxygen atoms in total. The van der Waals surface area contributed by atoms with E-state index in [1.54, 1.807) is 24.3 Å². The van der Waals surface area contributed by atoms with Crippen molar-refractivity contribution in [1.82, 2.24) is 0 Å². The predicted molar refractivity (Wildman–Crippen MR) is 69.9 cm³/mol. The molecule has 0 aliphatic rings. The second-order valence-corrected chi connectivity index (χ2v) is 4.60. The van der Waals surface area contributed by atoms with Gasteiger partial charge in [-0.05, 0) is 36.4 Å². The Bertz CT molecular complexity index is 363.